The average molecular weight is 252 g/mol. The SMILES string of the molecule is O=C(O)N1CC=C(C2=CCN(C(=O)O)CC2)CC1. The van der Waals surface area contributed by atoms with Gasteiger partial charge in [-0.3, -0.25) is 0 Å². The molecule has 0 aliphatic carbocycles. The number of carbonyl (C=O) groups is 2. The summed E-state index contributed by atoms with van der Waals surface area (Å²) in [5.74, 6) is 0. The van der Waals surface area contributed by atoms with Crippen molar-refractivity contribution in [1.29, 1.82) is 0 Å². The van der Waals surface area contributed by atoms with Crippen molar-refractivity contribution in [3.63, 3.8) is 0 Å². The van der Waals surface area contributed by atoms with Crippen LogP contribution in [0.3, 0.4) is 0 Å². The van der Waals surface area contributed by atoms with Gasteiger partial charge in [0.25, 0.3) is 0 Å². The Hall–Kier alpha value is -1.98. The van der Waals surface area contributed by atoms with E-state index in [-0.39, 0.29) is 0 Å². The summed E-state index contributed by atoms with van der Waals surface area (Å²) in [7, 11) is 0. The fourth-order valence-corrected chi connectivity index (χ4v) is 2.27. The molecule has 0 bridgehead atoms. The molecule has 0 radical (unpaired) electrons. The largest absolute Gasteiger partial charge is 0.465 e. The minimum atomic E-state index is -0.889. The molecule has 0 saturated heterocycles. The predicted octanol–water partition coefficient (Wildman–Crippen LogP) is 1.61. The molecule has 2 N–H and O–H groups in total. The van der Waals surface area contributed by atoms with Crippen LogP contribution in [0.5, 0.6) is 0 Å². The molecule has 6 heteroatoms. The van der Waals surface area contributed by atoms with Crippen molar-refractivity contribution < 1.29 is 19.8 Å². The van der Waals surface area contributed by atoms with Gasteiger partial charge in [-0.1, -0.05) is 12.2 Å². The highest BCUT2D eigenvalue weighted by molar-refractivity contribution is 5.66. The highest BCUT2D eigenvalue weighted by atomic mass is 16.4. The summed E-state index contributed by atoms with van der Waals surface area (Å²) in [6.07, 6.45) is 3.51. The van der Waals surface area contributed by atoms with E-state index in [1.165, 1.54) is 9.80 Å². The molecule has 2 rings (SSSR count). The predicted molar refractivity (Wildman–Crippen MR) is 64.6 cm³/mol. The summed E-state index contributed by atoms with van der Waals surface area (Å²) in [5, 5.41) is 17.7. The molecule has 98 valence electrons. The molecule has 0 fully saturated rings. The number of hydrogen-bond donors (Lipinski definition) is 2. The standard InChI is InChI=1S/C12H16N2O4/c15-11(16)13-5-1-9(2-6-13)10-3-7-14(8-4-10)12(17)18/h1,3H,2,4-8H2,(H,15,16)(H,17,18). The van der Waals surface area contributed by atoms with Crippen LogP contribution in [0.1, 0.15) is 12.8 Å². The van der Waals surface area contributed by atoms with Gasteiger partial charge in [0.1, 0.15) is 0 Å². The van der Waals surface area contributed by atoms with Gasteiger partial charge in [-0.25, -0.2) is 9.59 Å². The molecule has 0 aromatic heterocycles. The van der Waals surface area contributed by atoms with Gasteiger partial charge in [0.05, 0.1) is 0 Å². The second-order valence-corrected chi connectivity index (χ2v) is 4.42. The monoisotopic (exact) mass is 252 g/mol. The van der Waals surface area contributed by atoms with Gasteiger partial charge in [0.2, 0.25) is 0 Å². The lowest BCUT2D eigenvalue weighted by Gasteiger charge is -2.28. The first-order chi connectivity index (χ1) is 8.58. The second-order valence-electron chi connectivity index (χ2n) is 4.42. The number of amides is 2. The lowest BCUT2D eigenvalue weighted by molar-refractivity contribution is 0.146. The van der Waals surface area contributed by atoms with E-state index in [4.69, 9.17) is 10.2 Å². The zero-order valence-electron chi connectivity index (χ0n) is 10.0. The first kappa shape index (κ1) is 12.5. The molecule has 0 atom stereocenters. The summed E-state index contributed by atoms with van der Waals surface area (Å²) < 4.78 is 0. The quantitative estimate of drug-likeness (QED) is 0.742. The van der Waals surface area contributed by atoms with Crippen LogP contribution in [0.15, 0.2) is 23.3 Å². The van der Waals surface area contributed by atoms with Crippen molar-refractivity contribution in [3.05, 3.63) is 23.3 Å². The van der Waals surface area contributed by atoms with Crippen LogP contribution in [-0.4, -0.2) is 58.4 Å². The fraction of sp³-hybridized carbons (Fsp3) is 0.500. The maximum absolute atomic E-state index is 10.8. The maximum atomic E-state index is 10.8. The van der Waals surface area contributed by atoms with Crippen LogP contribution in [0.25, 0.3) is 0 Å². The summed E-state index contributed by atoms with van der Waals surface area (Å²) in [4.78, 5) is 24.3. The van der Waals surface area contributed by atoms with Crippen LogP contribution in [0, 0.1) is 0 Å². The van der Waals surface area contributed by atoms with E-state index in [9.17, 15) is 9.59 Å². The smallest absolute Gasteiger partial charge is 0.407 e. The number of nitrogens with zero attached hydrogens (tertiary/aromatic N) is 2. The van der Waals surface area contributed by atoms with E-state index in [1.807, 2.05) is 12.2 Å². The van der Waals surface area contributed by atoms with Gasteiger partial charge >= 0.3 is 12.2 Å². The topological polar surface area (TPSA) is 81.1 Å². The molecule has 2 aliphatic rings. The maximum Gasteiger partial charge on any atom is 0.407 e. The molecule has 2 heterocycles. The minimum absolute atomic E-state index is 0.421. The lowest BCUT2D eigenvalue weighted by Crippen LogP contribution is -2.36. The van der Waals surface area contributed by atoms with Gasteiger partial charge in [0.15, 0.2) is 0 Å². The molecule has 0 unspecified atom stereocenters. The highest BCUT2D eigenvalue weighted by Crippen LogP contribution is 2.24. The Morgan fingerprint density at radius 1 is 0.889 bits per heavy atom. The average Bonchev–Trinajstić information content (AvgIpc) is 2.39. The Morgan fingerprint density at radius 2 is 1.28 bits per heavy atom. The summed E-state index contributed by atoms with van der Waals surface area (Å²) in [6, 6.07) is 0. The minimum Gasteiger partial charge on any atom is -0.465 e. The van der Waals surface area contributed by atoms with E-state index >= 15 is 0 Å². The van der Waals surface area contributed by atoms with Crippen LogP contribution < -0.4 is 0 Å². The number of hydrogen-bond acceptors (Lipinski definition) is 2. The fourth-order valence-electron chi connectivity index (χ4n) is 2.27. The van der Waals surface area contributed by atoms with Gasteiger partial charge in [-0.2, -0.15) is 0 Å². The first-order valence-electron chi connectivity index (χ1n) is 5.92. The van der Waals surface area contributed by atoms with Crippen molar-refractivity contribution in [2.45, 2.75) is 12.8 Å². The van der Waals surface area contributed by atoms with Crippen molar-refractivity contribution in [2.75, 3.05) is 26.2 Å². The molecule has 0 aromatic carbocycles. The van der Waals surface area contributed by atoms with Gasteiger partial charge < -0.3 is 20.0 Å². The van der Waals surface area contributed by atoms with E-state index < -0.39 is 12.2 Å². The Labute approximate surface area is 105 Å². The molecule has 0 saturated carbocycles. The van der Waals surface area contributed by atoms with Crippen LogP contribution in [0.2, 0.25) is 0 Å². The molecule has 2 amide bonds. The van der Waals surface area contributed by atoms with Crippen LogP contribution in [0.4, 0.5) is 9.59 Å². The molecule has 6 nitrogen and oxygen atoms in total. The van der Waals surface area contributed by atoms with Crippen LogP contribution in [-0.2, 0) is 0 Å². The number of carboxylic acid groups (broad SMARTS) is 2. The van der Waals surface area contributed by atoms with Crippen molar-refractivity contribution in [2.24, 2.45) is 0 Å². The molecular weight excluding hydrogens is 236 g/mol. The zero-order valence-corrected chi connectivity index (χ0v) is 10.0. The van der Waals surface area contributed by atoms with Crippen molar-refractivity contribution in [3.8, 4) is 0 Å². The first-order valence-corrected chi connectivity index (χ1v) is 5.92. The Balaban J connectivity index is 1.98. The lowest BCUT2D eigenvalue weighted by atomic mass is 9.94. The molecule has 0 aromatic rings. The molecule has 18 heavy (non-hydrogen) atoms. The van der Waals surface area contributed by atoms with E-state index in [0.717, 1.165) is 11.1 Å². The molecule has 0 spiro atoms. The van der Waals surface area contributed by atoms with E-state index in [1.54, 1.807) is 0 Å². The van der Waals surface area contributed by atoms with Gasteiger partial charge in [-0.15, -0.1) is 0 Å². The summed E-state index contributed by atoms with van der Waals surface area (Å²) in [5.41, 5.74) is 2.33. The van der Waals surface area contributed by atoms with Gasteiger partial charge in [-0.05, 0) is 24.0 Å². The van der Waals surface area contributed by atoms with Crippen LogP contribution >= 0.6 is 0 Å². The van der Waals surface area contributed by atoms with E-state index in [2.05, 4.69) is 0 Å². The highest BCUT2D eigenvalue weighted by Gasteiger charge is 2.21. The third-order valence-corrected chi connectivity index (χ3v) is 3.37. The Morgan fingerprint density at radius 3 is 1.50 bits per heavy atom. The zero-order chi connectivity index (χ0) is 13.1. The Kier molecular flexibility index (Phi) is 3.55. The summed E-state index contributed by atoms with van der Waals surface area (Å²) >= 11 is 0. The normalized spacial score (nSPS) is 20.2. The van der Waals surface area contributed by atoms with Gasteiger partial charge in [0, 0.05) is 26.2 Å². The third kappa shape index (κ3) is 2.64. The molecule has 2 aliphatic heterocycles. The van der Waals surface area contributed by atoms with E-state index in [0.29, 0.717) is 39.0 Å². The summed E-state index contributed by atoms with van der Waals surface area (Å²) in [6.45, 7) is 1.87. The molecular formula is C12H16N2O4. The van der Waals surface area contributed by atoms with Crippen molar-refractivity contribution >= 4 is 12.2 Å². The van der Waals surface area contributed by atoms with Crippen molar-refractivity contribution in [1.82, 2.24) is 9.80 Å². The third-order valence-electron chi connectivity index (χ3n) is 3.37. The number of rotatable bonds is 1. The Bertz CT molecular complexity index is 388. The second kappa shape index (κ2) is 5.12.